The highest BCUT2D eigenvalue weighted by atomic mass is 35.5. The van der Waals surface area contributed by atoms with Crippen molar-refractivity contribution in [2.24, 2.45) is 0 Å². The molecule has 0 saturated carbocycles. The molecule has 0 aliphatic heterocycles. The first-order chi connectivity index (χ1) is 8.63. The second-order valence-corrected chi connectivity index (χ2v) is 4.11. The molecule has 2 heterocycles. The van der Waals surface area contributed by atoms with Gasteiger partial charge in [-0.15, -0.1) is 0 Å². The lowest BCUT2D eigenvalue weighted by atomic mass is 10.0. The first kappa shape index (κ1) is 12.5. The van der Waals surface area contributed by atoms with Crippen LogP contribution in [0.25, 0.3) is 11.1 Å². The minimum absolute atomic E-state index is 0.00152. The van der Waals surface area contributed by atoms with E-state index >= 15 is 0 Å². The molecule has 92 valence electrons. The highest BCUT2D eigenvalue weighted by Crippen LogP contribution is 2.26. The molecular weight excluding hydrogens is 252 g/mol. The van der Waals surface area contributed by atoms with Gasteiger partial charge in [-0.2, -0.15) is 0 Å². The van der Waals surface area contributed by atoms with Crippen molar-refractivity contribution in [3.63, 3.8) is 0 Å². The first-order valence-corrected chi connectivity index (χ1v) is 5.83. The molecule has 0 fully saturated rings. The third-order valence-electron chi connectivity index (χ3n) is 2.66. The van der Waals surface area contributed by atoms with Gasteiger partial charge in [0.15, 0.2) is 0 Å². The summed E-state index contributed by atoms with van der Waals surface area (Å²) in [4.78, 5) is 19.0. The van der Waals surface area contributed by atoms with Gasteiger partial charge in [-0.05, 0) is 29.7 Å². The zero-order valence-corrected chi connectivity index (χ0v) is 10.5. The third kappa shape index (κ3) is 2.33. The lowest BCUT2D eigenvalue weighted by Crippen LogP contribution is -2.00. The van der Waals surface area contributed by atoms with Crippen LogP contribution in [0.2, 0.25) is 5.15 Å². The molecule has 0 amide bonds. The molecule has 2 rings (SSSR count). The number of aromatic carboxylic acids is 1. The summed E-state index contributed by atoms with van der Waals surface area (Å²) in [5, 5.41) is 9.03. The fourth-order valence-corrected chi connectivity index (χ4v) is 1.92. The van der Waals surface area contributed by atoms with E-state index in [4.69, 9.17) is 16.7 Å². The first-order valence-electron chi connectivity index (χ1n) is 5.45. The number of rotatable bonds is 3. The Morgan fingerprint density at radius 3 is 2.89 bits per heavy atom. The average Bonchev–Trinajstić information content (AvgIpc) is 2.39. The minimum atomic E-state index is -1.08. The number of hydrogen-bond acceptors (Lipinski definition) is 3. The Hall–Kier alpha value is -1.94. The molecule has 2 aromatic rings. The van der Waals surface area contributed by atoms with E-state index in [9.17, 15) is 4.79 Å². The molecule has 0 radical (unpaired) electrons. The number of hydrogen-bond donors (Lipinski definition) is 1. The minimum Gasteiger partial charge on any atom is -0.478 e. The van der Waals surface area contributed by atoms with Crippen molar-refractivity contribution in [2.75, 3.05) is 0 Å². The van der Waals surface area contributed by atoms with Crippen molar-refractivity contribution < 1.29 is 9.90 Å². The summed E-state index contributed by atoms with van der Waals surface area (Å²) in [6.07, 6.45) is 5.82. The van der Waals surface area contributed by atoms with Crippen molar-refractivity contribution in [3.8, 4) is 11.1 Å². The van der Waals surface area contributed by atoms with Crippen LogP contribution in [0.15, 0.2) is 30.7 Å². The molecular formula is C13H11ClN2O2. The molecule has 0 aliphatic rings. The van der Waals surface area contributed by atoms with Crippen molar-refractivity contribution in [1.82, 2.24) is 9.97 Å². The van der Waals surface area contributed by atoms with Gasteiger partial charge in [0.1, 0.15) is 5.15 Å². The fourth-order valence-electron chi connectivity index (χ4n) is 1.74. The van der Waals surface area contributed by atoms with E-state index in [0.717, 1.165) is 23.1 Å². The number of aromatic nitrogens is 2. The third-order valence-corrected chi connectivity index (χ3v) is 2.97. The van der Waals surface area contributed by atoms with E-state index < -0.39 is 5.97 Å². The van der Waals surface area contributed by atoms with Crippen LogP contribution in [0.4, 0.5) is 0 Å². The summed E-state index contributed by atoms with van der Waals surface area (Å²) in [6, 6.07) is 3.38. The van der Waals surface area contributed by atoms with Crippen LogP contribution in [0, 0.1) is 0 Å². The molecule has 0 atom stereocenters. The maximum Gasteiger partial charge on any atom is 0.338 e. The van der Waals surface area contributed by atoms with Gasteiger partial charge in [-0.3, -0.25) is 4.98 Å². The Kier molecular flexibility index (Phi) is 3.58. The summed E-state index contributed by atoms with van der Waals surface area (Å²) in [5.41, 5.74) is 2.71. The van der Waals surface area contributed by atoms with Gasteiger partial charge in [0.05, 0.1) is 5.56 Å². The van der Waals surface area contributed by atoms with E-state index in [1.54, 1.807) is 18.6 Å². The number of nitrogens with zero attached hydrogens (tertiary/aromatic N) is 2. The zero-order chi connectivity index (χ0) is 13.1. The van der Waals surface area contributed by atoms with Crippen LogP contribution in [0.1, 0.15) is 22.8 Å². The molecule has 1 N–H and O–H groups in total. The molecule has 0 unspecified atom stereocenters. The zero-order valence-electron chi connectivity index (χ0n) is 9.72. The second-order valence-electron chi connectivity index (χ2n) is 3.75. The van der Waals surface area contributed by atoms with Gasteiger partial charge in [-0.1, -0.05) is 18.5 Å². The second kappa shape index (κ2) is 5.14. The number of carboxylic acids is 1. The van der Waals surface area contributed by atoms with Crippen LogP contribution >= 0.6 is 11.6 Å². The Morgan fingerprint density at radius 2 is 2.22 bits per heavy atom. The smallest absolute Gasteiger partial charge is 0.338 e. The maximum atomic E-state index is 11.0. The average molecular weight is 263 g/mol. The molecule has 0 bridgehead atoms. The molecule has 0 saturated heterocycles. The standard InChI is InChI=1S/C13H11ClN2O2/c1-2-8-6-15-4-3-10(8)9-5-11(13(17)18)12(14)16-7-9/h3-7H,2H2,1H3,(H,17,18). The predicted octanol–water partition coefficient (Wildman–Crippen LogP) is 3.06. The predicted molar refractivity (Wildman–Crippen MR) is 68.8 cm³/mol. The number of aryl methyl sites for hydroxylation is 1. The Balaban J connectivity index is 2.58. The van der Waals surface area contributed by atoms with Gasteiger partial charge in [0, 0.05) is 24.2 Å². The molecule has 0 spiro atoms. The molecule has 2 aromatic heterocycles. The van der Waals surface area contributed by atoms with Crippen LogP contribution in [-0.4, -0.2) is 21.0 Å². The van der Waals surface area contributed by atoms with E-state index in [-0.39, 0.29) is 10.7 Å². The van der Waals surface area contributed by atoms with Crippen molar-refractivity contribution in [1.29, 1.82) is 0 Å². The number of carboxylic acid groups (broad SMARTS) is 1. The lowest BCUT2D eigenvalue weighted by molar-refractivity contribution is 0.0696. The van der Waals surface area contributed by atoms with Gasteiger partial charge >= 0.3 is 5.97 Å². The van der Waals surface area contributed by atoms with Crippen molar-refractivity contribution in [3.05, 3.63) is 47.0 Å². The normalized spacial score (nSPS) is 10.3. The van der Waals surface area contributed by atoms with Gasteiger partial charge in [0.25, 0.3) is 0 Å². The lowest BCUT2D eigenvalue weighted by Gasteiger charge is -2.08. The monoisotopic (exact) mass is 262 g/mol. The van der Waals surface area contributed by atoms with Crippen molar-refractivity contribution in [2.45, 2.75) is 13.3 Å². The van der Waals surface area contributed by atoms with Gasteiger partial charge in [-0.25, -0.2) is 9.78 Å². The molecule has 0 aliphatic carbocycles. The summed E-state index contributed by atoms with van der Waals surface area (Å²) >= 11 is 5.75. The van der Waals surface area contributed by atoms with E-state index in [1.165, 1.54) is 6.07 Å². The molecule has 4 nitrogen and oxygen atoms in total. The Morgan fingerprint density at radius 1 is 1.44 bits per heavy atom. The summed E-state index contributed by atoms with van der Waals surface area (Å²) in [6.45, 7) is 2.02. The number of halogens is 1. The van der Waals surface area contributed by atoms with E-state index in [2.05, 4.69) is 9.97 Å². The fraction of sp³-hybridized carbons (Fsp3) is 0.154. The highest BCUT2D eigenvalue weighted by molar-refractivity contribution is 6.32. The largest absolute Gasteiger partial charge is 0.478 e. The Bertz CT molecular complexity index is 599. The quantitative estimate of drug-likeness (QED) is 0.864. The molecule has 0 aromatic carbocycles. The van der Waals surface area contributed by atoms with Gasteiger partial charge in [0.2, 0.25) is 0 Å². The Labute approximate surface area is 109 Å². The highest BCUT2D eigenvalue weighted by Gasteiger charge is 2.13. The van der Waals surface area contributed by atoms with Crippen LogP contribution in [0.3, 0.4) is 0 Å². The van der Waals surface area contributed by atoms with E-state index in [1.807, 2.05) is 13.0 Å². The number of pyridine rings is 2. The van der Waals surface area contributed by atoms with Crippen LogP contribution < -0.4 is 0 Å². The summed E-state index contributed by atoms with van der Waals surface area (Å²) in [5.74, 6) is -1.08. The van der Waals surface area contributed by atoms with Crippen molar-refractivity contribution >= 4 is 17.6 Å². The molecule has 18 heavy (non-hydrogen) atoms. The van der Waals surface area contributed by atoms with Crippen LogP contribution in [0.5, 0.6) is 0 Å². The topological polar surface area (TPSA) is 63.1 Å². The van der Waals surface area contributed by atoms with E-state index in [0.29, 0.717) is 0 Å². The summed E-state index contributed by atoms with van der Waals surface area (Å²) < 4.78 is 0. The summed E-state index contributed by atoms with van der Waals surface area (Å²) in [7, 11) is 0. The molecule has 5 heteroatoms. The SMILES string of the molecule is CCc1cnccc1-c1cnc(Cl)c(C(=O)O)c1. The number of carbonyl (C=O) groups is 1. The van der Waals surface area contributed by atoms with Crippen LogP contribution in [-0.2, 0) is 6.42 Å². The maximum absolute atomic E-state index is 11.0. The van der Waals surface area contributed by atoms with Gasteiger partial charge < -0.3 is 5.11 Å².